The molecule has 6 heteroatoms. The fraction of sp³-hybridized carbons (Fsp3) is 0.500. The highest BCUT2D eigenvalue weighted by atomic mass is 16.5. The first-order valence-corrected chi connectivity index (χ1v) is 8.56. The lowest BCUT2D eigenvalue weighted by atomic mass is 9.85. The number of hydrogen-bond donors (Lipinski definition) is 1. The molecule has 0 bridgehead atoms. The summed E-state index contributed by atoms with van der Waals surface area (Å²) in [5, 5.41) is 4.11. The largest absolute Gasteiger partial charge is 0.369 e. The van der Waals surface area contributed by atoms with Crippen LogP contribution in [-0.4, -0.2) is 22.1 Å². The van der Waals surface area contributed by atoms with Crippen LogP contribution >= 0.6 is 0 Å². The second-order valence-corrected chi connectivity index (χ2v) is 6.43. The Kier molecular flexibility index (Phi) is 4.83. The van der Waals surface area contributed by atoms with E-state index in [1.807, 2.05) is 24.3 Å². The minimum Gasteiger partial charge on any atom is -0.369 e. The molecule has 1 aromatic carbocycles. The van der Waals surface area contributed by atoms with Gasteiger partial charge in [0.05, 0.1) is 12.5 Å². The average Bonchev–Trinajstić information content (AvgIpc) is 3.02. The van der Waals surface area contributed by atoms with Crippen molar-refractivity contribution in [1.29, 1.82) is 0 Å². The standard InChI is InChI=1S/C18H24N4O2/c1-3-4-9-17-20-16(21-24-17)11-22-12(2)10-14(18(19)23)13-7-5-6-8-15(13)22/h5-8,12,14H,3-4,9-11H2,1-2H3,(H2,19,23)/t12-,14+/m1/s1. The second-order valence-electron chi connectivity index (χ2n) is 6.43. The van der Waals surface area contributed by atoms with Gasteiger partial charge in [-0.3, -0.25) is 4.79 Å². The lowest BCUT2D eigenvalue weighted by Crippen LogP contribution is -2.41. The van der Waals surface area contributed by atoms with E-state index in [2.05, 4.69) is 28.9 Å². The zero-order valence-corrected chi connectivity index (χ0v) is 14.2. The normalized spacial score (nSPS) is 20.0. The van der Waals surface area contributed by atoms with Crippen molar-refractivity contribution in [2.75, 3.05) is 4.90 Å². The third kappa shape index (κ3) is 3.27. The van der Waals surface area contributed by atoms with E-state index in [-0.39, 0.29) is 17.9 Å². The van der Waals surface area contributed by atoms with E-state index < -0.39 is 0 Å². The zero-order chi connectivity index (χ0) is 17.1. The molecule has 6 nitrogen and oxygen atoms in total. The lowest BCUT2D eigenvalue weighted by molar-refractivity contribution is -0.119. The van der Waals surface area contributed by atoms with Crippen LogP contribution in [0.5, 0.6) is 0 Å². The first-order chi connectivity index (χ1) is 11.6. The first kappa shape index (κ1) is 16.5. The van der Waals surface area contributed by atoms with Crippen LogP contribution in [0, 0.1) is 0 Å². The van der Waals surface area contributed by atoms with Crippen LogP contribution in [0.4, 0.5) is 5.69 Å². The van der Waals surface area contributed by atoms with E-state index >= 15 is 0 Å². The van der Waals surface area contributed by atoms with Gasteiger partial charge in [0.2, 0.25) is 11.8 Å². The number of nitrogens with two attached hydrogens (primary N) is 1. The van der Waals surface area contributed by atoms with Crippen LogP contribution in [0.2, 0.25) is 0 Å². The Morgan fingerprint density at radius 3 is 2.96 bits per heavy atom. The molecule has 2 heterocycles. The summed E-state index contributed by atoms with van der Waals surface area (Å²) in [6.07, 6.45) is 3.67. The number of nitrogens with zero attached hydrogens (tertiary/aromatic N) is 3. The molecule has 0 radical (unpaired) electrons. The number of hydrogen-bond acceptors (Lipinski definition) is 5. The Bertz CT molecular complexity index is 713. The van der Waals surface area contributed by atoms with Crippen LogP contribution in [0.1, 0.15) is 56.3 Å². The highest BCUT2D eigenvalue weighted by Gasteiger charge is 2.33. The molecule has 1 aliphatic heterocycles. The average molecular weight is 328 g/mol. The number of benzene rings is 1. The number of unbranched alkanes of at least 4 members (excludes halogenated alkanes) is 1. The second kappa shape index (κ2) is 7.03. The molecule has 24 heavy (non-hydrogen) atoms. The highest BCUT2D eigenvalue weighted by Crippen LogP contribution is 2.38. The number of carbonyl (C=O) groups is 1. The molecular formula is C18H24N4O2. The van der Waals surface area contributed by atoms with Crippen LogP contribution in [0.25, 0.3) is 0 Å². The van der Waals surface area contributed by atoms with Crippen LogP contribution in [-0.2, 0) is 17.8 Å². The van der Waals surface area contributed by atoms with Gasteiger partial charge in [0, 0.05) is 18.2 Å². The SMILES string of the molecule is CCCCc1nc(CN2c3ccccc3[C@@H](C(N)=O)C[C@H]2C)no1. The molecule has 0 aliphatic carbocycles. The molecule has 1 aliphatic rings. The molecule has 2 aromatic rings. The Balaban J connectivity index is 1.83. The van der Waals surface area contributed by atoms with Gasteiger partial charge in [-0.25, -0.2) is 0 Å². The summed E-state index contributed by atoms with van der Waals surface area (Å²) in [7, 11) is 0. The predicted molar refractivity (Wildman–Crippen MR) is 91.5 cm³/mol. The third-order valence-corrected chi connectivity index (χ3v) is 4.64. The maximum absolute atomic E-state index is 11.8. The molecule has 0 unspecified atom stereocenters. The smallest absolute Gasteiger partial charge is 0.226 e. The molecule has 0 fully saturated rings. The van der Waals surface area contributed by atoms with E-state index in [1.165, 1.54) is 0 Å². The van der Waals surface area contributed by atoms with Gasteiger partial charge in [-0.05, 0) is 31.4 Å². The Morgan fingerprint density at radius 2 is 2.21 bits per heavy atom. The van der Waals surface area contributed by atoms with Crippen LogP contribution in [0.15, 0.2) is 28.8 Å². The molecule has 0 saturated carbocycles. The van der Waals surface area contributed by atoms with E-state index in [1.54, 1.807) is 0 Å². The van der Waals surface area contributed by atoms with Gasteiger partial charge >= 0.3 is 0 Å². The summed E-state index contributed by atoms with van der Waals surface area (Å²) in [4.78, 5) is 18.5. The number of primary amides is 1. The van der Waals surface area contributed by atoms with Crippen molar-refractivity contribution in [2.24, 2.45) is 5.73 Å². The Labute approximate surface area is 142 Å². The van der Waals surface area contributed by atoms with Gasteiger partial charge in [-0.15, -0.1) is 0 Å². The van der Waals surface area contributed by atoms with Crippen molar-refractivity contribution in [1.82, 2.24) is 10.1 Å². The van der Waals surface area contributed by atoms with Gasteiger partial charge in [0.15, 0.2) is 5.82 Å². The maximum Gasteiger partial charge on any atom is 0.226 e. The first-order valence-electron chi connectivity index (χ1n) is 8.56. The molecule has 1 aromatic heterocycles. The number of fused-ring (bicyclic) bond motifs is 1. The maximum atomic E-state index is 11.8. The number of rotatable bonds is 6. The third-order valence-electron chi connectivity index (χ3n) is 4.64. The van der Waals surface area contributed by atoms with Gasteiger partial charge in [-0.1, -0.05) is 36.7 Å². The Morgan fingerprint density at radius 1 is 1.42 bits per heavy atom. The summed E-state index contributed by atoms with van der Waals surface area (Å²) >= 11 is 0. The van der Waals surface area contributed by atoms with Crippen LogP contribution in [0.3, 0.4) is 0 Å². The molecule has 2 atom stereocenters. The predicted octanol–water partition coefficient (Wildman–Crippen LogP) is 2.78. The quantitative estimate of drug-likeness (QED) is 0.881. The van der Waals surface area contributed by atoms with Crippen molar-refractivity contribution in [2.45, 2.75) is 58.0 Å². The van der Waals surface area contributed by atoms with Crippen molar-refractivity contribution < 1.29 is 9.32 Å². The number of anilines is 1. The van der Waals surface area contributed by atoms with Crippen molar-refractivity contribution in [3.05, 3.63) is 41.5 Å². The van der Waals surface area contributed by atoms with Crippen molar-refractivity contribution in [3.8, 4) is 0 Å². The van der Waals surface area contributed by atoms with E-state index in [0.29, 0.717) is 24.7 Å². The fourth-order valence-electron chi connectivity index (χ4n) is 3.32. The van der Waals surface area contributed by atoms with Gasteiger partial charge in [-0.2, -0.15) is 4.98 Å². The van der Waals surface area contributed by atoms with Gasteiger partial charge < -0.3 is 15.2 Å². The number of amides is 1. The molecule has 1 amide bonds. The molecule has 3 rings (SSSR count). The molecule has 0 saturated heterocycles. The van der Waals surface area contributed by atoms with E-state index in [9.17, 15) is 4.79 Å². The monoisotopic (exact) mass is 328 g/mol. The van der Waals surface area contributed by atoms with E-state index in [4.69, 9.17) is 10.3 Å². The summed E-state index contributed by atoms with van der Waals surface area (Å²) < 4.78 is 5.33. The van der Waals surface area contributed by atoms with Crippen LogP contribution < -0.4 is 10.6 Å². The molecule has 0 spiro atoms. The molecule has 128 valence electrons. The number of para-hydroxylation sites is 1. The number of aryl methyl sites for hydroxylation is 1. The summed E-state index contributed by atoms with van der Waals surface area (Å²) in [6.45, 7) is 4.81. The van der Waals surface area contributed by atoms with Gasteiger partial charge in [0.1, 0.15) is 0 Å². The van der Waals surface area contributed by atoms with Gasteiger partial charge in [0.25, 0.3) is 0 Å². The summed E-state index contributed by atoms with van der Waals surface area (Å²) in [6, 6.07) is 8.10. The fourth-order valence-corrected chi connectivity index (χ4v) is 3.32. The van der Waals surface area contributed by atoms with E-state index in [0.717, 1.165) is 30.5 Å². The lowest BCUT2D eigenvalue weighted by Gasteiger charge is -2.39. The highest BCUT2D eigenvalue weighted by molar-refractivity contribution is 5.85. The molecular weight excluding hydrogens is 304 g/mol. The van der Waals surface area contributed by atoms with Crippen molar-refractivity contribution >= 4 is 11.6 Å². The summed E-state index contributed by atoms with van der Waals surface area (Å²) in [5.41, 5.74) is 7.61. The summed E-state index contributed by atoms with van der Waals surface area (Å²) in [5.74, 6) is 0.869. The number of carbonyl (C=O) groups excluding carboxylic acids is 1. The zero-order valence-electron chi connectivity index (χ0n) is 14.2. The molecule has 2 N–H and O–H groups in total. The minimum atomic E-state index is -0.268. The Hall–Kier alpha value is -2.37. The number of aromatic nitrogens is 2. The van der Waals surface area contributed by atoms with Crippen molar-refractivity contribution in [3.63, 3.8) is 0 Å². The topological polar surface area (TPSA) is 85.3 Å². The minimum absolute atomic E-state index is 0.176.